The lowest BCUT2D eigenvalue weighted by atomic mass is 9.83. The van der Waals surface area contributed by atoms with Gasteiger partial charge in [0.2, 0.25) is 17.7 Å². The van der Waals surface area contributed by atoms with E-state index in [1.807, 2.05) is 48.2 Å². The fraction of sp³-hybridized carbons (Fsp3) is 0.379. The summed E-state index contributed by atoms with van der Waals surface area (Å²) in [6.45, 7) is 3.29. The summed E-state index contributed by atoms with van der Waals surface area (Å²) in [5.41, 5.74) is 2.40. The quantitative estimate of drug-likeness (QED) is 0.436. The van der Waals surface area contributed by atoms with Crippen LogP contribution in [0.15, 0.2) is 58.4 Å². The van der Waals surface area contributed by atoms with Gasteiger partial charge in [-0.3, -0.25) is 23.7 Å². The van der Waals surface area contributed by atoms with Crippen molar-refractivity contribution >= 4 is 46.5 Å². The van der Waals surface area contributed by atoms with Crippen molar-refractivity contribution in [3.63, 3.8) is 0 Å². The fourth-order valence-electron chi connectivity index (χ4n) is 5.75. The first kappa shape index (κ1) is 25.9. The Labute approximate surface area is 234 Å². The highest BCUT2D eigenvalue weighted by Gasteiger charge is 2.56. The Hall–Kier alpha value is -3.37. The number of likely N-dealkylation sites (tertiary alicyclic amines) is 1. The van der Waals surface area contributed by atoms with Crippen LogP contribution in [-0.4, -0.2) is 52.6 Å². The third kappa shape index (κ3) is 4.49. The number of carbonyl (C=O) groups is 3. The molecule has 2 aromatic carbocycles. The average Bonchev–Trinajstić information content (AvgIpc) is 3.40. The van der Waals surface area contributed by atoms with E-state index in [4.69, 9.17) is 4.74 Å². The number of thioether (sulfide) groups is 1. The first-order valence-electron chi connectivity index (χ1n) is 13.1. The summed E-state index contributed by atoms with van der Waals surface area (Å²) in [6, 6.07) is 14.8. The lowest BCUT2D eigenvalue weighted by Crippen LogP contribution is -2.39. The van der Waals surface area contributed by atoms with Gasteiger partial charge in [0.15, 0.2) is 0 Å². The number of hydrogen-bond acceptors (Lipinski definition) is 7. The van der Waals surface area contributed by atoms with Crippen molar-refractivity contribution in [2.45, 2.75) is 48.9 Å². The molecule has 3 aliphatic heterocycles. The van der Waals surface area contributed by atoms with Gasteiger partial charge in [0, 0.05) is 23.9 Å². The molecular formula is C29H29N3O5S2. The van der Waals surface area contributed by atoms with Crippen LogP contribution in [0.25, 0.3) is 0 Å². The summed E-state index contributed by atoms with van der Waals surface area (Å²) in [7, 11) is 1.59. The van der Waals surface area contributed by atoms with Gasteiger partial charge in [-0.25, -0.2) is 4.90 Å². The van der Waals surface area contributed by atoms with Gasteiger partial charge >= 0.3 is 4.87 Å². The zero-order valence-corrected chi connectivity index (χ0v) is 23.4. The highest BCUT2D eigenvalue weighted by atomic mass is 32.2. The summed E-state index contributed by atoms with van der Waals surface area (Å²) in [6.07, 6.45) is 3.03. The molecule has 0 saturated carbocycles. The molecular weight excluding hydrogens is 534 g/mol. The topological polar surface area (TPSA) is 88.9 Å². The summed E-state index contributed by atoms with van der Waals surface area (Å²) < 4.78 is 6.85. The molecule has 8 nitrogen and oxygen atoms in total. The van der Waals surface area contributed by atoms with Crippen LogP contribution < -0.4 is 14.5 Å². The van der Waals surface area contributed by atoms with E-state index in [1.54, 1.807) is 19.2 Å². The molecule has 0 unspecified atom stereocenters. The predicted octanol–water partition coefficient (Wildman–Crippen LogP) is 4.04. The van der Waals surface area contributed by atoms with E-state index in [0.29, 0.717) is 29.6 Å². The smallest absolute Gasteiger partial charge is 0.308 e. The molecule has 0 N–H and O–H groups in total. The number of imide groups is 1. The summed E-state index contributed by atoms with van der Waals surface area (Å²) in [5.74, 6) is -1.15. The maximum atomic E-state index is 14.0. The lowest BCUT2D eigenvalue weighted by molar-refractivity contribution is -0.133. The summed E-state index contributed by atoms with van der Waals surface area (Å²) >= 11 is 2.32. The van der Waals surface area contributed by atoms with E-state index in [-0.39, 0.29) is 29.1 Å². The number of carbonyl (C=O) groups excluding carboxylic acids is 3. The second kappa shape index (κ2) is 10.3. The maximum absolute atomic E-state index is 14.0. The standard InChI is InChI=1S/C29H29N3O5S2/c1-17-6-10-19(11-7-17)32-26(34)23-22(18-8-12-20(37-2)13-9-18)25-28(38-24(23)27(32)35)31(29(36)39-25)16-21(33)30-14-4-3-5-15-30/h6-13,22-24H,3-5,14-16H2,1-2H3/t22-,23-,24+/m0/s1. The number of anilines is 1. The van der Waals surface area contributed by atoms with E-state index in [2.05, 4.69) is 0 Å². The number of fused-ring (bicyclic) bond motifs is 2. The Bertz CT molecular complexity index is 1490. The summed E-state index contributed by atoms with van der Waals surface area (Å²) in [4.78, 5) is 57.8. The van der Waals surface area contributed by atoms with E-state index in [1.165, 1.54) is 21.2 Å². The van der Waals surface area contributed by atoms with Gasteiger partial charge in [0.1, 0.15) is 17.5 Å². The number of benzene rings is 2. The largest absolute Gasteiger partial charge is 0.497 e. The van der Waals surface area contributed by atoms with Crippen molar-refractivity contribution in [1.82, 2.24) is 9.47 Å². The zero-order valence-electron chi connectivity index (χ0n) is 21.8. The van der Waals surface area contributed by atoms with Crippen molar-refractivity contribution in [2.75, 3.05) is 25.1 Å². The van der Waals surface area contributed by atoms with Gasteiger partial charge in [0.05, 0.1) is 23.7 Å². The summed E-state index contributed by atoms with van der Waals surface area (Å²) in [5, 5.41) is -0.0897. The lowest BCUT2D eigenvalue weighted by Gasteiger charge is -2.31. The number of amides is 3. The number of aromatic nitrogens is 1. The molecule has 0 aliphatic carbocycles. The van der Waals surface area contributed by atoms with Crippen LogP contribution in [0, 0.1) is 12.8 Å². The van der Waals surface area contributed by atoms with Crippen LogP contribution in [0.4, 0.5) is 5.69 Å². The van der Waals surface area contributed by atoms with Crippen LogP contribution in [0.2, 0.25) is 0 Å². The normalized spacial score (nSPS) is 22.6. The van der Waals surface area contributed by atoms with Crippen molar-refractivity contribution in [3.8, 4) is 5.75 Å². The van der Waals surface area contributed by atoms with Crippen molar-refractivity contribution < 1.29 is 19.1 Å². The molecule has 3 aromatic rings. The Kier molecular flexibility index (Phi) is 6.84. The molecule has 39 heavy (non-hydrogen) atoms. The van der Waals surface area contributed by atoms with Gasteiger partial charge in [-0.2, -0.15) is 0 Å². The van der Waals surface area contributed by atoms with E-state index in [9.17, 15) is 19.2 Å². The highest BCUT2D eigenvalue weighted by molar-refractivity contribution is 8.00. The molecule has 2 fully saturated rings. The number of methoxy groups -OCH3 is 1. The van der Waals surface area contributed by atoms with Gasteiger partial charge in [0.25, 0.3) is 0 Å². The second-order valence-corrected chi connectivity index (χ2v) is 12.4. The Morgan fingerprint density at radius 3 is 2.31 bits per heavy atom. The number of piperidine rings is 1. The molecule has 0 spiro atoms. The van der Waals surface area contributed by atoms with Crippen molar-refractivity contribution in [3.05, 3.63) is 74.2 Å². The van der Waals surface area contributed by atoms with Crippen LogP contribution in [0.3, 0.4) is 0 Å². The van der Waals surface area contributed by atoms with Gasteiger partial charge in [-0.1, -0.05) is 52.9 Å². The third-order valence-electron chi connectivity index (χ3n) is 7.82. The number of nitrogens with zero attached hydrogens (tertiary/aromatic N) is 3. The Morgan fingerprint density at radius 1 is 0.949 bits per heavy atom. The van der Waals surface area contributed by atoms with E-state index >= 15 is 0 Å². The minimum absolute atomic E-state index is 0.0613. The first-order valence-corrected chi connectivity index (χ1v) is 14.8. The minimum atomic E-state index is -0.705. The molecule has 6 rings (SSSR count). The Balaban J connectivity index is 1.43. The molecule has 0 radical (unpaired) electrons. The van der Waals surface area contributed by atoms with Crippen molar-refractivity contribution in [1.29, 1.82) is 0 Å². The third-order valence-corrected chi connectivity index (χ3v) is 10.4. The molecule has 202 valence electrons. The van der Waals surface area contributed by atoms with Crippen LogP contribution >= 0.6 is 23.1 Å². The average molecular weight is 564 g/mol. The maximum Gasteiger partial charge on any atom is 0.308 e. The van der Waals surface area contributed by atoms with E-state index in [0.717, 1.165) is 46.6 Å². The molecule has 4 heterocycles. The predicted molar refractivity (Wildman–Crippen MR) is 151 cm³/mol. The molecule has 2 saturated heterocycles. The molecule has 0 bridgehead atoms. The number of hydrogen-bond donors (Lipinski definition) is 0. The number of rotatable bonds is 5. The first-order chi connectivity index (χ1) is 18.9. The highest BCUT2D eigenvalue weighted by Crippen LogP contribution is 2.54. The van der Waals surface area contributed by atoms with Gasteiger partial charge < -0.3 is 9.64 Å². The molecule has 3 atom stereocenters. The van der Waals surface area contributed by atoms with Crippen molar-refractivity contribution in [2.24, 2.45) is 5.92 Å². The van der Waals surface area contributed by atoms with Gasteiger partial charge in [-0.05, 0) is 56.0 Å². The second-order valence-electron chi connectivity index (χ2n) is 10.2. The molecule has 10 heteroatoms. The molecule has 1 aromatic heterocycles. The number of thiazole rings is 1. The monoisotopic (exact) mass is 563 g/mol. The zero-order chi connectivity index (χ0) is 27.3. The SMILES string of the molecule is COc1ccc([C@@H]2c3sc(=O)n(CC(=O)N4CCCCC4)c3S[C@H]3C(=O)N(c4ccc(C)cc4)C(=O)[C@@H]23)cc1. The van der Waals surface area contributed by atoms with Crippen LogP contribution in [-0.2, 0) is 20.9 Å². The van der Waals surface area contributed by atoms with Crippen LogP contribution in [0.1, 0.15) is 41.2 Å². The number of aryl methyl sites for hydroxylation is 1. The molecule has 3 aliphatic rings. The minimum Gasteiger partial charge on any atom is -0.497 e. The van der Waals surface area contributed by atoms with E-state index < -0.39 is 17.1 Å². The number of ether oxygens (including phenoxy) is 1. The molecule has 3 amide bonds. The Morgan fingerprint density at radius 2 is 1.64 bits per heavy atom. The fourth-order valence-corrected chi connectivity index (χ4v) is 8.53. The van der Waals surface area contributed by atoms with Gasteiger partial charge in [-0.15, -0.1) is 0 Å². The van der Waals surface area contributed by atoms with Crippen LogP contribution in [0.5, 0.6) is 5.75 Å².